The van der Waals surface area contributed by atoms with Crippen LogP contribution in [0.5, 0.6) is 0 Å². The number of rotatable bonds is 4. The van der Waals surface area contributed by atoms with Gasteiger partial charge in [0.05, 0.1) is 5.57 Å². The van der Waals surface area contributed by atoms with Crippen molar-refractivity contribution in [2.45, 2.75) is 6.04 Å². The molecule has 1 fully saturated rings. The van der Waals surface area contributed by atoms with Crippen molar-refractivity contribution < 1.29 is 19.1 Å². The fourth-order valence-corrected chi connectivity index (χ4v) is 3.64. The number of hydrogen-bond donors (Lipinski definition) is 1. The number of anilines is 2. The number of Topliss-reactive ketones (excluding diaryl/α,β-unsaturated/α-hetero) is 1. The van der Waals surface area contributed by atoms with Crippen LogP contribution in [0.15, 0.2) is 58.0 Å². The first-order chi connectivity index (χ1) is 13.5. The van der Waals surface area contributed by atoms with Gasteiger partial charge in [-0.2, -0.15) is 0 Å². The molecule has 1 N–H and O–H groups in total. The minimum atomic E-state index is -0.943. The van der Waals surface area contributed by atoms with Gasteiger partial charge in [-0.3, -0.25) is 14.5 Å². The maximum absolute atomic E-state index is 12.8. The summed E-state index contributed by atoms with van der Waals surface area (Å²) in [6.45, 7) is 0. The Morgan fingerprint density at radius 1 is 1.18 bits per heavy atom. The smallest absolute Gasteiger partial charge is 0.302 e. The van der Waals surface area contributed by atoms with Crippen LogP contribution in [0.25, 0.3) is 5.76 Å². The summed E-state index contributed by atoms with van der Waals surface area (Å²) in [7, 11) is 3.63. The average Bonchev–Trinajstić information content (AvgIpc) is 3.43. The van der Waals surface area contributed by atoms with Gasteiger partial charge in [-0.15, -0.1) is 10.2 Å². The average molecular weight is 396 g/mol. The molecule has 28 heavy (non-hydrogen) atoms. The van der Waals surface area contributed by atoms with E-state index in [0.717, 1.165) is 11.3 Å². The van der Waals surface area contributed by atoms with Crippen LogP contribution in [-0.2, 0) is 9.59 Å². The van der Waals surface area contributed by atoms with E-state index in [1.807, 2.05) is 14.1 Å². The van der Waals surface area contributed by atoms with E-state index in [4.69, 9.17) is 4.42 Å². The molecule has 1 amide bonds. The van der Waals surface area contributed by atoms with Crippen molar-refractivity contribution in [1.29, 1.82) is 0 Å². The molecule has 0 spiro atoms. The van der Waals surface area contributed by atoms with Crippen LogP contribution >= 0.6 is 11.3 Å². The van der Waals surface area contributed by atoms with Crippen LogP contribution in [0.1, 0.15) is 17.4 Å². The molecule has 2 aromatic heterocycles. The molecule has 0 radical (unpaired) electrons. The van der Waals surface area contributed by atoms with E-state index < -0.39 is 17.7 Å². The minimum absolute atomic E-state index is 0.0499. The van der Waals surface area contributed by atoms with Crippen molar-refractivity contribution in [3.05, 3.63) is 64.9 Å². The van der Waals surface area contributed by atoms with Crippen molar-refractivity contribution in [1.82, 2.24) is 10.2 Å². The van der Waals surface area contributed by atoms with Crippen LogP contribution in [0.3, 0.4) is 0 Å². The van der Waals surface area contributed by atoms with Gasteiger partial charge in [0.1, 0.15) is 23.1 Å². The minimum Gasteiger partial charge on any atom is -0.507 e. The third kappa shape index (κ3) is 2.85. The highest BCUT2D eigenvalue weighted by Crippen LogP contribution is 2.43. The number of carbonyl (C=O) groups excluding carboxylic acids is 2. The molecule has 1 saturated heterocycles. The largest absolute Gasteiger partial charge is 0.507 e. The van der Waals surface area contributed by atoms with Gasteiger partial charge in [0.15, 0.2) is 5.88 Å². The number of benzene rings is 1. The van der Waals surface area contributed by atoms with Crippen LogP contribution in [-0.4, -0.2) is 41.1 Å². The molecular weight excluding hydrogens is 380 g/mol. The van der Waals surface area contributed by atoms with Crippen LogP contribution in [0, 0.1) is 0 Å². The lowest BCUT2D eigenvalue weighted by molar-refractivity contribution is -0.132. The number of hydrogen-bond acceptors (Lipinski definition) is 8. The molecule has 1 aromatic carbocycles. The number of carbonyl (C=O) groups is 2. The Bertz CT molecular complexity index is 1060. The Balaban J connectivity index is 1.92. The first kappa shape index (κ1) is 17.9. The second-order valence-electron chi connectivity index (χ2n) is 6.33. The molecule has 1 unspecified atom stereocenters. The van der Waals surface area contributed by atoms with E-state index in [1.165, 1.54) is 10.4 Å². The maximum Gasteiger partial charge on any atom is 0.302 e. The highest BCUT2D eigenvalue weighted by molar-refractivity contribution is 7.13. The number of aliphatic hydroxyl groups is 1. The summed E-state index contributed by atoms with van der Waals surface area (Å²) in [4.78, 5) is 28.6. The Hall–Kier alpha value is -3.46. The quantitative estimate of drug-likeness (QED) is 0.411. The van der Waals surface area contributed by atoms with Crippen molar-refractivity contribution in [2.24, 2.45) is 0 Å². The topological polar surface area (TPSA) is 99.8 Å². The Morgan fingerprint density at radius 3 is 2.54 bits per heavy atom. The molecule has 8 nitrogen and oxygen atoms in total. The normalized spacial score (nSPS) is 18.6. The molecule has 3 aromatic rings. The van der Waals surface area contributed by atoms with Gasteiger partial charge in [-0.25, -0.2) is 0 Å². The third-order valence-electron chi connectivity index (χ3n) is 4.37. The highest BCUT2D eigenvalue weighted by atomic mass is 32.1. The monoisotopic (exact) mass is 396 g/mol. The van der Waals surface area contributed by atoms with Gasteiger partial charge in [-0.1, -0.05) is 41.7 Å². The summed E-state index contributed by atoms with van der Waals surface area (Å²) in [5, 5.41) is 18.8. The molecule has 1 atom stereocenters. The molecule has 0 saturated carbocycles. The zero-order valence-electron chi connectivity index (χ0n) is 15.1. The molecule has 9 heteroatoms. The Labute approximate surface area is 164 Å². The highest BCUT2D eigenvalue weighted by Gasteiger charge is 2.49. The van der Waals surface area contributed by atoms with E-state index >= 15 is 0 Å². The summed E-state index contributed by atoms with van der Waals surface area (Å²) in [6.07, 6.45) is 0. The number of furan rings is 1. The summed E-state index contributed by atoms with van der Waals surface area (Å²) in [6, 6.07) is 11.1. The number of ketones is 1. The van der Waals surface area contributed by atoms with Crippen LogP contribution < -0.4 is 9.80 Å². The second-order valence-corrected chi connectivity index (χ2v) is 7.14. The predicted molar refractivity (Wildman–Crippen MR) is 104 cm³/mol. The fourth-order valence-electron chi connectivity index (χ4n) is 3.05. The summed E-state index contributed by atoms with van der Waals surface area (Å²) < 4.78 is 5.86. The summed E-state index contributed by atoms with van der Waals surface area (Å²) in [5.74, 6) is -0.960. The van der Waals surface area contributed by atoms with Gasteiger partial charge in [0, 0.05) is 25.7 Å². The Morgan fingerprint density at radius 2 is 1.93 bits per heavy atom. The first-order valence-electron chi connectivity index (χ1n) is 8.38. The molecule has 142 valence electrons. The molecule has 1 aliphatic rings. The predicted octanol–water partition coefficient (Wildman–Crippen LogP) is 2.82. The van der Waals surface area contributed by atoms with E-state index in [9.17, 15) is 14.7 Å². The zero-order chi connectivity index (χ0) is 19.8. The lowest BCUT2D eigenvalue weighted by atomic mass is 9.99. The van der Waals surface area contributed by atoms with E-state index in [2.05, 4.69) is 10.2 Å². The maximum atomic E-state index is 12.8. The SMILES string of the molecule is CN(C)c1ccc(C2/C(=C(\O)c3ccccc3)C(=O)C(=O)N2c2nncs2)o1. The molecule has 0 aliphatic carbocycles. The zero-order valence-corrected chi connectivity index (χ0v) is 15.9. The van der Waals surface area contributed by atoms with Gasteiger partial charge < -0.3 is 14.4 Å². The first-order valence-corrected chi connectivity index (χ1v) is 9.26. The van der Waals surface area contributed by atoms with Crippen molar-refractivity contribution in [2.75, 3.05) is 23.9 Å². The van der Waals surface area contributed by atoms with Crippen LogP contribution in [0.4, 0.5) is 11.0 Å². The molecule has 4 rings (SSSR count). The fraction of sp³-hybridized carbons (Fsp3) is 0.158. The molecule has 0 bridgehead atoms. The van der Waals surface area contributed by atoms with E-state index in [0.29, 0.717) is 17.2 Å². The number of aromatic nitrogens is 2. The Kier molecular flexibility index (Phi) is 4.44. The van der Waals surface area contributed by atoms with Crippen LogP contribution in [0.2, 0.25) is 0 Å². The van der Waals surface area contributed by atoms with Gasteiger partial charge in [-0.05, 0) is 6.07 Å². The van der Waals surface area contributed by atoms with Crippen molar-refractivity contribution in [3.8, 4) is 0 Å². The number of amides is 1. The van der Waals surface area contributed by atoms with Crippen molar-refractivity contribution in [3.63, 3.8) is 0 Å². The number of aliphatic hydroxyl groups excluding tert-OH is 1. The van der Waals surface area contributed by atoms with Crippen molar-refractivity contribution >= 4 is 39.8 Å². The van der Waals surface area contributed by atoms with Gasteiger partial charge >= 0.3 is 5.91 Å². The van der Waals surface area contributed by atoms with Gasteiger partial charge in [0.25, 0.3) is 5.78 Å². The lowest BCUT2D eigenvalue weighted by Gasteiger charge is -2.20. The van der Waals surface area contributed by atoms with Gasteiger partial charge in [0.2, 0.25) is 5.13 Å². The summed E-state index contributed by atoms with van der Waals surface area (Å²) >= 11 is 1.12. The lowest BCUT2D eigenvalue weighted by Crippen LogP contribution is -2.29. The second kappa shape index (κ2) is 6.93. The summed E-state index contributed by atoms with van der Waals surface area (Å²) in [5.41, 5.74) is 1.85. The van der Waals surface area contributed by atoms with E-state index in [1.54, 1.807) is 47.4 Å². The number of nitrogens with zero attached hydrogens (tertiary/aromatic N) is 4. The molecule has 3 heterocycles. The standard InChI is InChI=1S/C19H16N4O4S/c1-22(2)13-9-8-12(27-13)15-14(16(24)11-6-4-3-5-7-11)17(25)18(26)23(15)19-21-20-10-28-19/h3-10,15,24H,1-2H3/b16-14+. The van der Waals surface area contributed by atoms with E-state index in [-0.39, 0.29) is 16.5 Å². The molecule has 1 aliphatic heterocycles. The third-order valence-corrected chi connectivity index (χ3v) is 5.06. The molecular formula is C19H16N4O4S.